The number of para-hydroxylation sites is 2. The van der Waals surface area contributed by atoms with Crippen molar-refractivity contribution in [2.45, 2.75) is 0 Å². The Morgan fingerprint density at radius 2 is 1.63 bits per heavy atom. The number of rotatable bonds is 4. The third-order valence-corrected chi connectivity index (χ3v) is 2.99. The highest BCUT2D eigenvalue weighted by atomic mass is 35.5. The molecule has 0 aromatic heterocycles. The van der Waals surface area contributed by atoms with Crippen molar-refractivity contribution >= 4 is 34.8 Å². The van der Waals surface area contributed by atoms with E-state index in [0.29, 0.717) is 21.5 Å². The maximum atomic E-state index is 11.7. The molecular weight excluding hydrogens is 285 g/mol. The van der Waals surface area contributed by atoms with Crippen LogP contribution in [0.3, 0.4) is 0 Å². The Bertz CT molecular complexity index is 587. The first-order chi connectivity index (χ1) is 9.16. The predicted octanol–water partition coefficient (Wildman–Crippen LogP) is 4.01. The molecule has 0 unspecified atom stereocenters. The largest absolute Gasteiger partial charge is 0.482 e. The summed E-state index contributed by atoms with van der Waals surface area (Å²) in [6.07, 6.45) is 0. The zero-order valence-corrected chi connectivity index (χ0v) is 11.4. The highest BCUT2D eigenvalue weighted by Crippen LogP contribution is 2.23. The van der Waals surface area contributed by atoms with Crippen LogP contribution in [-0.2, 0) is 4.79 Å². The number of anilines is 1. The van der Waals surface area contributed by atoms with Gasteiger partial charge in [-0.2, -0.15) is 0 Å². The van der Waals surface area contributed by atoms with Crippen LogP contribution in [0.5, 0.6) is 5.75 Å². The van der Waals surface area contributed by atoms with E-state index < -0.39 is 0 Å². The van der Waals surface area contributed by atoms with Crippen LogP contribution in [0.4, 0.5) is 5.69 Å². The monoisotopic (exact) mass is 295 g/mol. The summed E-state index contributed by atoms with van der Waals surface area (Å²) in [5, 5.41) is 3.61. The average molecular weight is 296 g/mol. The average Bonchev–Trinajstić information content (AvgIpc) is 2.40. The molecule has 0 aliphatic carbocycles. The number of halogens is 2. The first-order valence-electron chi connectivity index (χ1n) is 5.58. The van der Waals surface area contributed by atoms with E-state index in [1.807, 2.05) is 0 Å². The first-order valence-corrected chi connectivity index (χ1v) is 6.34. The highest BCUT2D eigenvalue weighted by molar-refractivity contribution is 6.33. The Morgan fingerprint density at radius 1 is 1.00 bits per heavy atom. The van der Waals surface area contributed by atoms with Gasteiger partial charge >= 0.3 is 0 Å². The Kier molecular flexibility index (Phi) is 4.66. The van der Waals surface area contributed by atoms with Crippen molar-refractivity contribution in [1.82, 2.24) is 0 Å². The Morgan fingerprint density at radius 3 is 2.32 bits per heavy atom. The van der Waals surface area contributed by atoms with Crippen LogP contribution in [-0.4, -0.2) is 12.5 Å². The zero-order valence-electron chi connectivity index (χ0n) is 9.90. The molecule has 0 aliphatic heterocycles. The third kappa shape index (κ3) is 3.88. The van der Waals surface area contributed by atoms with Crippen LogP contribution >= 0.6 is 23.2 Å². The maximum absolute atomic E-state index is 11.7. The molecule has 1 amide bonds. The second-order valence-electron chi connectivity index (χ2n) is 3.75. The Balaban J connectivity index is 1.92. The minimum absolute atomic E-state index is 0.130. The van der Waals surface area contributed by atoms with Crippen molar-refractivity contribution in [3.05, 3.63) is 58.6 Å². The van der Waals surface area contributed by atoms with Gasteiger partial charge in [-0.05, 0) is 24.3 Å². The van der Waals surface area contributed by atoms with Crippen LogP contribution in [0, 0.1) is 0 Å². The molecule has 2 rings (SSSR count). The smallest absolute Gasteiger partial charge is 0.262 e. The molecule has 0 saturated carbocycles. The topological polar surface area (TPSA) is 38.3 Å². The van der Waals surface area contributed by atoms with Crippen LogP contribution < -0.4 is 10.1 Å². The van der Waals surface area contributed by atoms with Crippen LogP contribution in [0.15, 0.2) is 48.5 Å². The molecule has 2 aromatic carbocycles. The van der Waals surface area contributed by atoms with Gasteiger partial charge in [0, 0.05) is 0 Å². The van der Waals surface area contributed by atoms with Gasteiger partial charge in [0.05, 0.1) is 15.7 Å². The molecule has 0 fully saturated rings. The van der Waals surface area contributed by atoms with Crippen molar-refractivity contribution in [1.29, 1.82) is 0 Å². The van der Waals surface area contributed by atoms with Gasteiger partial charge in [0.25, 0.3) is 5.91 Å². The van der Waals surface area contributed by atoms with Gasteiger partial charge in [-0.3, -0.25) is 4.79 Å². The van der Waals surface area contributed by atoms with Gasteiger partial charge in [0.2, 0.25) is 0 Å². The molecular formula is C14H11Cl2NO2. The van der Waals surface area contributed by atoms with Crippen LogP contribution in [0.25, 0.3) is 0 Å². The van der Waals surface area contributed by atoms with E-state index in [4.69, 9.17) is 27.9 Å². The summed E-state index contributed by atoms with van der Waals surface area (Å²) in [6.45, 7) is -0.130. The highest BCUT2D eigenvalue weighted by Gasteiger charge is 2.07. The van der Waals surface area contributed by atoms with Crippen molar-refractivity contribution < 1.29 is 9.53 Å². The summed E-state index contributed by atoms with van der Waals surface area (Å²) < 4.78 is 5.32. The molecule has 0 radical (unpaired) electrons. The third-order valence-electron chi connectivity index (χ3n) is 2.34. The number of hydrogen-bond donors (Lipinski definition) is 1. The van der Waals surface area contributed by atoms with Gasteiger partial charge in [-0.1, -0.05) is 47.5 Å². The van der Waals surface area contributed by atoms with Gasteiger partial charge in [-0.15, -0.1) is 0 Å². The summed E-state index contributed by atoms with van der Waals surface area (Å²) in [5.74, 6) is 0.173. The second-order valence-corrected chi connectivity index (χ2v) is 4.56. The molecule has 1 N–H and O–H groups in total. The fourth-order valence-electron chi connectivity index (χ4n) is 1.45. The van der Waals surface area contributed by atoms with Crippen molar-refractivity contribution in [2.75, 3.05) is 11.9 Å². The molecule has 0 bridgehead atoms. The summed E-state index contributed by atoms with van der Waals surface area (Å²) in [5.41, 5.74) is 0.553. The SMILES string of the molecule is O=C(COc1ccccc1Cl)Nc1ccccc1Cl. The quantitative estimate of drug-likeness (QED) is 0.925. The molecule has 0 aliphatic rings. The van der Waals surface area contributed by atoms with Gasteiger partial charge in [0.1, 0.15) is 5.75 Å². The molecule has 0 spiro atoms. The Labute approximate surface area is 121 Å². The number of benzene rings is 2. The number of carbonyl (C=O) groups excluding carboxylic acids is 1. The summed E-state index contributed by atoms with van der Waals surface area (Å²) in [4.78, 5) is 11.7. The predicted molar refractivity (Wildman–Crippen MR) is 77.0 cm³/mol. The van der Waals surface area contributed by atoms with Crippen molar-refractivity contribution in [3.8, 4) is 5.75 Å². The zero-order chi connectivity index (χ0) is 13.7. The molecule has 19 heavy (non-hydrogen) atoms. The number of hydrogen-bond acceptors (Lipinski definition) is 2. The lowest BCUT2D eigenvalue weighted by molar-refractivity contribution is -0.118. The van der Waals surface area contributed by atoms with E-state index in [1.54, 1.807) is 48.5 Å². The van der Waals surface area contributed by atoms with E-state index in [9.17, 15) is 4.79 Å². The molecule has 0 saturated heterocycles. The lowest BCUT2D eigenvalue weighted by Crippen LogP contribution is -2.20. The van der Waals surface area contributed by atoms with Crippen molar-refractivity contribution in [3.63, 3.8) is 0 Å². The molecule has 0 heterocycles. The maximum Gasteiger partial charge on any atom is 0.262 e. The molecule has 98 valence electrons. The normalized spacial score (nSPS) is 10.0. The standard InChI is InChI=1S/C14H11Cl2NO2/c15-10-5-1-3-7-12(10)17-14(18)9-19-13-8-4-2-6-11(13)16/h1-8H,9H2,(H,17,18). The van der Waals surface area contributed by atoms with E-state index >= 15 is 0 Å². The van der Waals surface area contributed by atoms with Crippen LogP contribution in [0.2, 0.25) is 10.0 Å². The van der Waals surface area contributed by atoms with E-state index in [2.05, 4.69) is 5.32 Å². The number of nitrogens with one attached hydrogen (secondary N) is 1. The summed E-state index contributed by atoms with van der Waals surface area (Å²) >= 11 is 11.8. The first kappa shape index (κ1) is 13.7. The fourth-order valence-corrected chi connectivity index (χ4v) is 1.83. The minimum atomic E-state index is -0.298. The van der Waals surface area contributed by atoms with Gasteiger partial charge in [-0.25, -0.2) is 0 Å². The number of carbonyl (C=O) groups is 1. The van der Waals surface area contributed by atoms with Gasteiger partial charge < -0.3 is 10.1 Å². The molecule has 3 nitrogen and oxygen atoms in total. The Hall–Kier alpha value is -1.71. The lowest BCUT2D eigenvalue weighted by atomic mass is 10.3. The minimum Gasteiger partial charge on any atom is -0.482 e. The van der Waals surface area contributed by atoms with E-state index in [-0.39, 0.29) is 12.5 Å². The van der Waals surface area contributed by atoms with Gasteiger partial charge in [0.15, 0.2) is 6.61 Å². The number of ether oxygens (including phenoxy) is 1. The van der Waals surface area contributed by atoms with E-state index in [0.717, 1.165) is 0 Å². The van der Waals surface area contributed by atoms with Crippen molar-refractivity contribution in [2.24, 2.45) is 0 Å². The summed E-state index contributed by atoms with van der Waals surface area (Å²) in [6, 6.07) is 14.0. The number of amides is 1. The second kappa shape index (κ2) is 6.45. The van der Waals surface area contributed by atoms with Crippen LogP contribution in [0.1, 0.15) is 0 Å². The van der Waals surface area contributed by atoms with E-state index in [1.165, 1.54) is 0 Å². The lowest BCUT2D eigenvalue weighted by Gasteiger charge is -2.09. The molecule has 2 aromatic rings. The fraction of sp³-hybridized carbons (Fsp3) is 0.0714. The molecule has 0 atom stereocenters. The summed E-state index contributed by atoms with van der Waals surface area (Å²) in [7, 11) is 0. The molecule has 5 heteroatoms.